The summed E-state index contributed by atoms with van der Waals surface area (Å²) in [5, 5.41) is 21.3. The molecule has 0 spiro atoms. The van der Waals surface area contributed by atoms with Gasteiger partial charge in [0.25, 0.3) is 0 Å². The first-order valence-electron chi connectivity index (χ1n) is 8.59. The van der Waals surface area contributed by atoms with Crippen LogP contribution < -0.4 is 4.74 Å². The normalized spacial score (nSPS) is 22.5. The van der Waals surface area contributed by atoms with E-state index in [0.717, 1.165) is 22.7 Å². The maximum absolute atomic E-state index is 11.9. The molecule has 0 bridgehead atoms. The molecule has 2 unspecified atom stereocenters. The summed E-state index contributed by atoms with van der Waals surface area (Å²) in [6.07, 6.45) is -0.174. The van der Waals surface area contributed by atoms with Crippen molar-refractivity contribution in [2.24, 2.45) is 0 Å². The molecule has 27 heavy (non-hydrogen) atoms. The maximum atomic E-state index is 11.9. The van der Waals surface area contributed by atoms with Gasteiger partial charge in [-0.3, -0.25) is 9.36 Å². The number of carboxylic acids is 1. The molecule has 2 aromatic carbocycles. The molecule has 2 atom stereocenters. The highest BCUT2D eigenvalue weighted by Gasteiger charge is 2.51. The van der Waals surface area contributed by atoms with Crippen molar-refractivity contribution in [1.29, 1.82) is 0 Å². The van der Waals surface area contributed by atoms with Crippen molar-refractivity contribution >= 4 is 17.7 Å². The van der Waals surface area contributed by atoms with Gasteiger partial charge in [0.15, 0.2) is 10.9 Å². The average Bonchev–Trinajstić information content (AvgIpc) is 3.17. The van der Waals surface area contributed by atoms with Gasteiger partial charge in [-0.25, -0.2) is 4.98 Å². The fraction of sp³-hybridized carbons (Fsp3) is 0.200. The molecule has 0 saturated carbocycles. The molecule has 2 aliphatic rings. The second-order valence-electron chi connectivity index (χ2n) is 6.61. The van der Waals surface area contributed by atoms with Gasteiger partial charge in [-0.05, 0) is 12.1 Å². The molecule has 7 heteroatoms. The zero-order valence-corrected chi connectivity index (χ0v) is 15.0. The van der Waals surface area contributed by atoms with E-state index in [1.165, 1.54) is 11.8 Å². The van der Waals surface area contributed by atoms with Crippen molar-refractivity contribution in [3.05, 3.63) is 65.9 Å². The van der Waals surface area contributed by atoms with Crippen molar-refractivity contribution in [2.45, 2.75) is 29.2 Å². The van der Waals surface area contributed by atoms with Crippen molar-refractivity contribution in [2.75, 3.05) is 0 Å². The van der Waals surface area contributed by atoms with E-state index in [1.807, 2.05) is 54.6 Å². The molecule has 3 heterocycles. The van der Waals surface area contributed by atoms with Gasteiger partial charge in [-0.2, -0.15) is 0 Å². The van der Waals surface area contributed by atoms with E-state index in [-0.39, 0.29) is 6.42 Å². The van der Waals surface area contributed by atoms with Crippen LogP contribution in [-0.2, 0) is 17.1 Å². The van der Waals surface area contributed by atoms with Gasteiger partial charge >= 0.3 is 5.97 Å². The van der Waals surface area contributed by atoms with Gasteiger partial charge in [0.05, 0.1) is 17.4 Å². The van der Waals surface area contributed by atoms with Gasteiger partial charge < -0.3 is 14.9 Å². The summed E-state index contributed by atoms with van der Waals surface area (Å²) in [4.78, 5) is 16.1. The Morgan fingerprint density at radius 3 is 2.74 bits per heavy atom. The van der Waals surface area contributed by atoms with E-state index in [9.17, 15) is 15.0 Å². The number of para-hydroxylation sites is 1. The number of imidazole rings is 1. The monoisotopic (exact) mass is 380 g/mol. The van der Waals surface area contributed by atoms with Gasteiger partial charge in [-0.1, -0.05) is 54.2 Å². The van der Waals surface area contributed by atoms with Gasteiger partial charge in [0.2, 0.25) is 0 Å². The second-order valence-corrected chi connectivity index (χ2v) is 7.78. The molecule has 0 amide bonds. The summed E-state index contributed by atoms with van der Waals surface area (Å²) < 4.78 is 7.58. The third-order valence-corrected chi connectivity index (χ3v) is 6.29. The van der Waals surface area contributed by atoms with Crippen LogP contribution in [0.1, 0.15) is 17.7 Å². The van der Waals surface area contributed by atoms with Crippen LogP contribution >= 0.6 is 11.8 Å². The lowest BCUT2D eigenvalue weighted by Gasteiger charge is -2.33. The number of ether oxygens (including phenoxy) is 1. The largest absolute Gasteiger partial charge is 0.487 e. The van der Waals surface area contributed by atoms with E-state index < -0.39 is 16.9 Å². The molecular weight excluding hydrogens is 364 g/mol. The summed E-state index contributed by atoms with van der Waals surface area (Å²) in [5.41, 5.74) is 1.53. The number of hydrogen-bond donors (Lipinski definition) is 2. The third kappa shape index (κ3) is 2.32. The third-order valence-electron chi connectivity index (χ3n) is 5.02. The fourth-order valence-corrected chi connectivity index (χ4v) is 5.23. The Hall–Kier alpha value is -2.77. The minimum Gasteiger partial charge on any atom is -0.487 e. The first-order valence-corrected chi connectivity index (χ1v) is 9.47. The molecule has 5 rings (SSSR count). The standard InChI is InChI=1S/C20H16N2O4S/c23-17(24)10-16-20(25,12-6-2-1-3-7-12)22-18-13-8-4-5-9-15(13)26-11-14(18)21-19(22)27-16/h1-9,16,25H,10-11H2,(H,23,24). The second kappa shape index (κ2) is 5.87. The Morgan fingerprint density at radius 1 is 1.22 bits per heavy atom. The highest BCUT2D eigenvalue weighted by molar-refractivity contribution is 8.00. The highest BCUT2D eigenvalue weighted by atomic mass is 32.2. The number of carbonyl (C=O) groups is 1. The molecule has 136 valence electrons. The minimum atomic E-state index is -1.51. The van der Waals surface area contributed by atoms with Gasteiger partial charge in [-0.15, -0.1) is 0 Å². The van der Waals surface area contributed by atoms with Crippen LogP contribution in [0.3, 0.4) is 0 Å². The summed E-state index contributed by atoms with van der Waals surface area (Å²) in [5.74, 6) is -0.222. The SMILES string of the molecule is O=C(O)CC1Sc2nc3c(n2C1(O)c1ccccc1)-c1ccccc1OC3. The zero-order chi connectivity index (χ0) is 18.6. The smallest absolute Gasteiger partial charge is 0.304 e. The summed E-state index contributed by atoms with van der Waals surface area (Å²) in [6.45, 7) is 0.321. The van der Waals surface area contributed by atoms with Crippen molar-refractivity contribution in [3.63, 3.8) is 0 Å². The molecule has 6 nitrogen and oxygen atoms in total. The zero-order valence-electron chi connectivity index (χ0n) is 14.2. The number of hydrogen-bond acceptors (Lipinski definition) is 5. The Morgan fingerprint density at radius 2 is 1.96 bits per heavy atom. The van der Waals surface area contributed by atoms with E-state index in [2.05, 4.69) is 4.98 Å². The van der Waals surface area contributed by atoms with Crippen LogP contribution in [-0.4, -0.2) is 31.0 Å². The van der Waals surface area contributed by atoms with E-state index in [1.54, 1.807) is 4.57 Å². The highest BCUT2D eigenvalue weighted by Crippen LogP contribution is 2.52. The molecule has 0 radical (unpaired) electrons. The maximum Gasteiger partial charge on any atom is 0.304 e. The molecule has 0 fully saturated rings. The topological polar surface area (TPSA) is 84.6 Å². The Kier molecular flexibility index (Phi) is 3.57. The predicted molar refractivity (Wildman–Crippen MR) is 99.6 cm³/mol. The Labute approximate surface area is 159 Å². The van der Waals surface area contributed by atoms with Crippen molar-refractivity contribution in [1.82, 2.24) is 9.55 Å². The van der Waals surface area contributed by atoms with E-state index in [4.69, 9.17) is 4.74 Å². The first-order chi connectivity index (χ1) is 13.1. The molecule has 0 aliphatic carbocycles. The van der Waals surface area contributed by atoms with Crippen LogP contribution in [0.4, 0.5) is 0 Å². The number of aliphatic carboxylic acids is 1. The predicted octanol–water partition coefficient (Wildman–Crippen LogP) is 3.08. The number of fused-ring (bicyclic) bond motifs is 5. The molecule has 1 aromatic heterocycles. The molecule has 2 N–H and O–H groups in total. The lowest BCUT2D eigenvalue weighted by atomic mass is 9.95. The van der Waals surface area contributed by atoms with Crippen LogP contribution in [0, 0.1) is 0 Å². The number of aliphatic hydroxyl groups is 1. The van der Waals surface area contributed by atoms with Crippen molar-refractivity contribution < 1.29 is 19.7 Å². The lowest BCUT2D eigenvalue weighted by molar-refractivity contribution is -0.138. The molecule has 0 saturated heterocycles. The molecular formula is C20H16N2O4S. The number of thioether (sulfide) groups is 1. The van der Waals surface area contributed by atoms with Crippen LogP contribution in [0.2, 0.25) is 0 Å². The van der Waals surface area contributed by atoms with Gasteiger partial charge in [0, 0.05) is 11.1 Å². The van der Waals surface area contributed by atoms with Crippen LogP contribution in [0.5, 0.6) is 5.75 Å². The van der Waals surface area contributed by atoms with E-state index >= 15 is 0 Å². The Bertz CT molecular complexity index is 1050. The van der Waals surface area contributed by atoms with Crippen molar-refractivity contribution in [3.8, 4) is 17.0 Å². The van der Waals surface area contributed by atoms with Crippen LogP contribution in [0.15, 0.2) is 59.8 Å². The Balaban J connectivity index is 1.77. The van der Waals surface area contributed by atoms with E-state index in [0.29, 0.717) is 17.3 Å². The molecule has 3 aromatic rings. The summed E-state index contributed by atoms with van der Waals surface area (Å²) in [6, 6.07) is 16.8. The minimum absolute atomic E-state index is 0.174. The van der Waals surface area contributed by atoms with Gasteiger partial charge in [0.1, 0.15) is 18.1 Å². The number of rotatable bonds is 3. The quantitative estimate of drug-likeness (QED) is 0.726. The fourth-order valence-electron chi connectivity index (χ4n) is 3.84. The van der Waals surface area contributed by atoms with Crippen LogP contribution in [0.25, 0.3) is 11.3 Å². The molecule has 2 aliphatic heterocycles. The number of nitrogens with zero attached hydrogens (tertiary/aromatic N) is 2. The number of aromatic nitrogens is 2. The summed E-state index contributed by atoms with van der Waals surface area (Å²) in [7, 11) is 0. The summed E-state index contributed by atoms with van der Waals surface area (Å²) >= 11 is 1.30. The average molecular weight is 380 g/mol. The first kappa shape index (κ1) is 16.4. The lowest BCUT2D eigenvalue weighted by Crippen LogP contribution is -2.42. The number of benzene rings is 2. The number of carboxylic acid groups (broad SMARTS) is 1.